The van der Waals surface area contributed by atoms with Crippen molar-refractivity contribution in [1.29, 1.82) is 0 Å². The highest BCUT2D eigenvalue weighted by atomic mass is 32.1. The molecule has 1 heterocycles. The highest BCUT2D eigenvalue weighted by Crippen LogP contribution is 2.19. The van der Waals surface area contributed by atoms with Crippen LogP contribution < -0.4 is 10.6 Å². The van der Waals surface area contributed by atoms with Crippen molar-refractivity contribution in [2.75, 3.05) is 0 Å². The Balaban J connectivity index is 2.41. The molecule has 0 aromatic carbocycles. The van der Waals surface area contributed by atoms with Gasteiger partial charge in [0.1, 0.15) is 5.01 Å². The van der Waals surface area contributed by atoms with Gasteiger partial charge in [0.05, 0.1) is 12.5 Å². The van der Waals surface area contributed by atoms with E-state index < -0.39 is 17.9 Å². The van der Waals surface area contributed by atoms with E-state index in [1.165, 1.54) is 11.3 Å². The lowest BCUT2D eigenvalue weighted by molar-refractivity contribution is -0.138. The molecule has 20 heavy (non-hydrogen) atoms. The van der Waals surface area contributed by atoms with E-state index in [2.05, 4.69) is 15.6 Å². The number of hydrogen-bond donors (Lipinski definition) is 3. The molecule has 3 N–H and O–H groups in total. The Morgan fingerprint density at radius 3 is 2.65 bits per heavy atom. The van der Waals surface area contributed by atoms with Crippen LogP contribution in [0.3, 0.4) is 0 Å². The van der Waals surface area contributed by atoms with E-state index in [4.69, 9.17) is 5.11 Å². The summed E-state index contributed by atoms with van der Waals surface area (Å²) in [4.78, 5) is 38.4. The number of thiazole rings is 1. The molecule has 0 bridgehead atoms. The Bertz CT molecular complexity index is 501. The molecule has 0 saturated carbocycles. The number of carbonyl (C=O) groups excluding carboxylic acids is 2. The third kappa shape index (κ3) is 5.35. The van der Waals surface area contributed by atoms with Gasteiger partial charge in [0.15, 0.2) is 0 Å². The van der Waals surface area contributed by atoms with Crippen molar-refractivity contribution in [1.82, 2.24) is 15.6 Å². The number of carboxylic acid groups (broad SMARTS) is 1. The highest BCUT2D eigenvalue weighted by molar-refractivity contribution is 7.11. The third-order valence-corrected chi connectivity index (χ3v) is 3.78. The number of nitrogens with zero attached hydrogens (tertiary/aromatic N) is 1. The van der Waals surface area contributed by atoms with Crippen molar-refractivity contribution < 1.29 is 19.5 Å². The molecule has 8 heteroatoms. The van der Waals surface area contributed by atoms with Gasteiger partial charge in [0, 0.05) is 17.5 Å². The van der Waals surface area contributed by atoms with Crippen LogP contribution in [0.25, 0.3) is 0 Å². The second-order valence-corrected chi connectivity index (χ2v) is 5.30. The SMILES string of the molecule is CCc1cnc(C(C)NC(=O)NC(=O)CCC(=O)O)s1. The molecule has 3 amide bonds. The average molecular weight is 299 g/mol. The van der Waals surface area contributed by atoms with Crippen LogP contribution >= 0.6 is 11.3 Å². The molecule has 110 valence electrons. The molecule has 0 aliphatic heterocycles. The Morgan fingerprint density at radius 1 is 1.40 bits per heavy atom. The molecule has 0 fully saturated rings. The number of urea groups is 1. The zero-order valence-corrected chi connectivity index (χ0v) is 12.1. The van der Waals surface area contributed by atoms with Crippen molar-refractivity contribution in [3.8, 4) is 0 Å². The molecular formula is C12H17N3O4S. The highest BCUT2D eigenvalue weighted by Gasteiger charge is 2.15. The molecule has 1 rings (SSSR count). The number of aliphatic carboxylic acids is 1. The van der Waals surface area contributed by atoms with Crippen molar-refractivity contribution in [2.45, 2.75) is 39.2 Å². The van der Waals surface area contributed by atoms with Crippen LogP contribution in [0.5, 0.6) is 0 Å². The number of rotatable bonds is 6. The van der Waals surface area contributed by atoms with Gasteiger partial charge in [-0.3, -0.25) is 14.9 Å². The zero-order chi connectivity index (χ0) is 15.1. The first-order chi connectivity index (χ1) is 9.42. The standard InChI is InChI=1S/C12H17N3O4S/c1-3-8-6-13-11(20-8)7(2)14-12(19)15-9(16)4-5-10(17)18/h6-7H,3-5H2,1-2H3,(H,17,18)(H2,14,15,16,19). The Kier molecular flexibility index (Phi) is 6.10. The molecule has 0 radical (unpaired) electrons. The van der Waals surface area contributed by atoms with Crippen molar-refractivity contribution in [2.24, 2.45) is 0 Å². The monoisotopic (exact) mass is 299 g/mol. The van der Waals surface area contributed by atoms with E-state index in [-0.39, 0.29) is 18.9 Å². The molecule has 1 atom stereocenters. The largest absolute Gasteiger partial charge is 0.481 e. The normalized spacial score (nSPS) is 11.7. The van der Waals surface area contributed by atoms with E-state index in [0.29, 0.717) is 0 Å². The van der Waals surface area contributed by atoms with Gasteiger partial charge in [-0.25, -0.2) is 9.78 Å². The maximum Gasteiger partial charge on any atom is 0.321 e. The number of nitrogens with one attached hydrogen (secondary N) is 2. The molecular weight excluding hydrogens is 282 g/mol. The third-order valence-electron chi connectivity index (χ3n) is 2.46. The van der Waals surface area contributed by atoms with Crippen LogP contribution in [0.1, 0.15) is 42.6 Å². The fourth-order valence-corrected chi connectivity index (χ4v) is 2.25. The minimum absolute atomic E-state index is 0.228. The van der Waals surface area contributed by atoms with Crippen LogP contribution in [0.15, 0.2) is 6.20 Å². The Morgan fingerprint density at radius 2 is 2.10 bits per heavy atom. The fraction of sp³-hybridized carbons (Fsp3) is 0.500. The predicted molar refractivity (Wildman–Crippen MR) is 73.5 cm³/mol. The van der Waals surface area contributed by atoms with Gasteiger partial charge in [-0.1, -0.05) is 6.92 Å². The summed E-state index contributed by atoms with van der Waals surface area (Å²) in [6.07, 6.45) is 2.10. The second kappa shape index (κ2) is 7.59. The van der Waals surface area contributed by atoms with Crippen molar-refractivity contribution >= 4 is 29.2 Å². The molecule has 1 aromatic heterocycles. The van der Waals surface area contributed by atoms with Gasteiger partial charge in [0.25, 0.3) is 0 Å². The number of carboxylic acids is 1. The average Bonchev–Trinajstić information content (AvgIpc) is 2.85. The van der Waals surface area contributed by atoms with Crippen LogP contribution in [-0.4, -0.2) is 28.0 Å². The topological polar surface area (TPSA) is 108 Å². The first-order valence-electron chi connectivity index (χ1n) is 6.19. The number of aryl methyl sites for hydroxylation is 1. The summed E-state index contributed by atoms with van der Waals surface area (Å²) in [6.45, 7) is 3.78. The minimum atomic E-state index is -1.08. The summed E-state index contributed by atoms with van der Waals surface area (Å²) >= 11 is 1.50. The lowest BCUT2D eigenvalue weighted by atomic mass is 10.3. The lowest BCUT2D eigenvalue weighted by Crippen LogP contribution is -2.40. The Labute approximate surface area is 120 Å². The van der Waals surface area contributed by atoms with Crippen LogP contribution in [-0.2, 0) is 16.0 Å². The smallest absolute Gasteiger partial charge is 0.321 e. The fourth-order valence-electron chi connectivity index (χ4n) is 1.39. The van der Waals surface area contributed by atoms with Gasteiger partial charge in [-0.2, -0.15) is 0 Å². The van der Waals surface area contributed by atoms with E-state index in [1.54, 1.807) is 13.1 Å². The summed E-state index contributed by atoms with van der Waals surface area (Å²) in [5.41, 5.74) is 0. The molecule has 0 saturated heterocycles. The van der Waals surface area contributed by atoms with Gasteiger partial charge >= 0.3 is 12.0 Å². The number of hydrogen-bond acceptors (Lipinski definition) is 5. The van der Waals surface area contributed by atoms with Crippen LogP contribution in [0.2, 0.25) is 0 Å². The van der Waals surface area contributed by atoms with E-state index in [1.807, 2.05) is 6.92 Å². The van der Waals surface area contributed by atoms with Gasteiger partial charge in [-0.15, -0.1) is 11.3 Å². The van der Waals surface area contributed by atoms with Gasteiger partial charge < -0.3 is 10.4 Å². The molecule has 0 spiro atoms. The molecule has 1 unspecified atom stereocenters. The number of aromatic nitrogens is 1. The zero-order valence-electron chi connectivity index (χ0n) is 11.3. The number of amides is 3. The quantitative estimate of drug-likeness (QED) is 0.737. The first kappa shape index (κ1) is 16.1. The maximum atomic E-state index is 11.5. The number of carbonyl (C=O) groups is 3. The molecule has 0 aliphatic carbocycles. The summed E-state index contributed by atoms with van der Waals surface area (Å²) < 4.78 is 0. The van der Waals surface area contributed by atoms with Crippen molar-refractivity contribution in [3.63, 3.8) is 0 Å². The summed E-state index contributed by atoms with van der Waals surface area (Å²) in [5.74, 6) is -1.70. The second-order valence-electron chi connectivity index (χ2n) is 4.16. The van der Waals surface area contributed by atoms with E-state index >= 15 is 0 Å². The van der Waals surface area contributed by atoms with Gasteiger partial charge in [0.2, 0.25) is 5.91 Å². The van der Waals surface area contributed by atoms with Crippen LogP contribution in [0.4, 0.5) is 4.79 Å². The molecule has 0 aliphatic rings. The first-order valence-corrected chi connectivity index (χ1v) is 7.00. The summed E-state index contributed by atoms with van der Waals surface area (Å²) in [5, 5.41) is 13.9. The maximum absolute atomic E-state index is 11.5. The van der Waals surface area contributed by atoms with Gasteiger partial charge in [-0.05, 0) is 13.3 Å². The number of imide groups is 1. The predicted octanol–water partition coefficient (Wildman–Crippen LogP) is 1.46. The molecule has 1 aromatic rings. The summed E-state index contributed by atoms with van der Waals surface area (Å²) in [6, 6.07) is -0.964. The van der Waals surface area contributed by atoms with E-state index in [9.17, 15) is 14.4 Å². The molecule has 7 nitrogen and oxygen atoms in total. The van der Waals surface area contributed by atoms with E-state index in [0.717, 1.165) is 16.3 Å². The summed E-state index contributed by atoms with van der Waals surface area (Å²) in [7, 11) is 0. The minimum Gasteiger partial charge on any atom is -0.481 e. The lowest BCUT2D eigenvalue weighted by Gasteiger charge is -2.11. The van der Waals surface area contributed by atoms with Crippen molar-refractivity contribution in [3.05, 3.63) is 16.1 Å². The Hall–Kier alpha value is -1.96. The van der Waals surface area contributed by atoms with Crippen LogP contribution in [0, 0.1) is 0 Å².